The minimum atomic E-state index is -0.937. The van der Waals surface area contributed by atoms with Crippen LogP contribution in [0.3, 0.4) is 0 Å². The lowest BCUT2D eigenvalue weighted by Gasteiger charge is -2.15. The zero-order valence-corrected chi connectivity index (χ0v) is 7.95. The fraction of sp³-hybridized carbons (Fsp3) is 0.636. The van der Waals surface area contributed by atoms with Crippen LogP contribution in [-0.2, 0) is 0 Å². The van der Waals surface area contributed by atoms with Crippen LogP contribution in [0.5, 0.6) is 0 Å². The first-order valence-corrected chi connectivity index (χ1v) is 4.39. The van der Waals surface area contributed by atoms with Crippen LogP contribution in [0.15, 0.2) is 11.1 Å². The summed E-state index contributed by atoms with van der Waals surface area (Å²) in [6.45, 7) is 6.07. The summed E-state index contributed by atoms with van der Waals surface area (Å²) in [6, 6.07) is 0. The largest absolute Gasteiger partial charge is 0.233 e. The highest BCUT2D eigenvalue weighted by atomic mass is 19.1. The van der Waals surface area contributed by atoms with Crippen LogP contribution in [0.25, 0.3) is 0 Å². The fourth-order valence-electron chi connectivity index (χ4n) is 1.33. The van der Waals surface area contributed by atoms with E-state index in [1.807, 2.05) is 6.92 Å². The molecular formula is C11H15F. The Balaban J connectivity index is 2.82. The normalized spacial score (nSPS) is 36.3. The van der Waals surface area contributed by atoms with Crippen molar-refractivity contribution in [1.82, 2.24) is 0 Å². The monoisotopic (exact) mass is 166 g/mol. The molecule has 0 saturated carbocycles. The number of allylic oxidation sites excluding steroid dienone is 2. The predicted octanol–water partition coefficient (Wildman–Crippen LogP) is 3.09. The maximum absolute atomic E-state index is 13.1. The van der Waals surface area contributed by atoms with E-state index in [0.29, 0.717) is 0 Å². The van der Waals surface area contributed by atoms with Crippen LogP contribution in [0.4, 0.5) is 4.39 Å². The topological polar surface area (TPSA) is 0 Å². The molecule has 0 radical (unpaired) electrons. The molecule has 0 N–H and O–H groups in total. The average Bonchev–Trinajstić information content (AvgIpc) is 2.02. The van der Waals surface area contributed by atoms with E-state index in [0.717, 1.165) is 12.8 Å². The first-order chi connectivity index (χ1) is 5.61. The van der Waals surface area contributed by atoms with Gasteiger partial charge < -0.3 is 0 Å². The van der Waals surface area contributed by atoms with Gasteiger partial charge in [0.05, 0.1) is 0 Å². The molecule has 1 heteroatoms. The molecule has 0 heterocycles. The minimum absolute atomic E-state index is 0.0488. The molecule has 0 fully saturated rings. The molecule has 1 rings (SSSR count). The van der Waals surface area contributed by atoms with Crippen LogP contribution in [0, 0.1) is 17.8 Å². The summed E-state index contributed by atoms with van der Waals surface area (Å²) in [4.78, 5) is 0. The van der Waals surface area contributed by atoms with Crippen LogP contribution >= 0.6 is 0 Å². The van der Waals surface area contributed by atoms with Crippen molar-refractivity contribution < 1.29 is 4.39 Å². The van der Waals surface area contributed by atoms with Gasteiger partial charge in [0.1, 0.15) is 0 Å². The highest BCUT2D eigenvalue weighted by molar-refractivity contribution is 5.22. The molecule has 1 aliphatic rings. The van der Waals surface area contributed by atoms with E-state index in [9.17, 15) is 4.39 Å². The van der Waals surface area contributed by atoms with Crippen molar-refractivity contribution >= 4 is 0 Å². The quantitative estimate of drug-likeness (QED) is 0.383. The van der Waals surface area contributed by atoms with Crippen molar-refractivity contribution in [3.63, 3.8) is 0 Å². The van der Waals surface area contributed by atoms with Gasteiger partial charge in [0, 0.05) is 12.3 Å². The molecular weight excluding hydrogens is 151 g/mol. The van der Waals surface area contributed by atoms with Gasteiger partial charge in [-0.2, -0.15) is 0 Å². The Labute approximate surface area is 73.9 Å². The molecule has 2 unspecified atom stereocenters. The van der Waals surface area contributed by atoms with Gasteiger partial charge in [-0.1, -0.05) is 29.9 Å². The molecule has 12 heavy (non-hydrogen) atoms. The van der Waals surface area contributed by atoms with E-state index >= 15 is 0 Å². The van der Waals surface area contributed by atoms with E-state index < -0.39 is 6.17 Å². The first kappa shape index (κ1) is 9.32. The average molecular weight is 166 g/mol. The zero-order chi connectivity index (χ0) is 9.14. The second-order valence-corrected chi connectivity index (χ2v) is 3.64. The van der Waals surface area contributed by atoms with Crippen molar-refractivity contribution in [2.45, 2.75) is 39.8 Å². The predicted molar refractivity (Wildman–Crippen MR) is 49.4 cm³/mol. The molecule has 0 amide bonds. The molecule has 0 bridgehead atoms. The van der Waals surface area contributed by atoms with E-state index in [1.54, 1.807) is 0 Å². The third-order valence-corrected chi connectivity index (χ3v) is 2.45. The maximum atomic E-state index is 13.1. The smallest absolute Gasteiger partial charge is 0.163 e. The fourth-order valence-corrected chi connectivity index (χ4v) is 1.33. The molecule has 0 aliphatic heterocycles. The Kier molecular flexibility index (Phi) is 2.92. The van der Waals surface area contributed by atoms with Crippen LogP contribution in [0.2, 0.25) is 0 Å². The summed E-state index contributed by atoms with van der Waals surface area (Å²) in [5.41, 5.74) is 2.61. The van der Waals surface area contributed by atoms with Gasteiger partial charge in [-0.25, -0.2) is 4.39 Å². The van der Waals surface area contributed by atoms with Crippen molar-refractivity contribution in [1.29, 1.82) is 0 Å². The Morgan fingerprint density at radius 3 is 2.67 bits per heavy atom. The molecule has 0 nitrogen and oxygen atoms in total. The Morgan fingerprint density at radius 1 is 1.33 bits per heavy atom. The van der Waals surface area contributed by atoms with Gasteiger partial charge >= 0.3 is 0 Å². The van der Waals surface area contributed by atoms with E-state index in [-0.39, 0.29) is 5.92 Å². The second-order valence-electron chi connectivity index (χ2n) is 3.64. The molecule has 1 aliphatic carbocycles. The van der Waals surface area contributed by atoms with Gasteiger partial charge in [0.25, 0.3) is 0 Å². The standard InChI is InChI=1S/C11H15F/c1-8-5-4-6-11(12)10(3)7-9(8)2/h10-11H,5,7H2,1-3H3/b9-8-. The van der Waals surface area contributed by atoms with Gasteiger partial charge in [-0.15, -0.1) is 0 Å². The highest BCUT2D eigenvalue weighted by Gasteiger charge is 2.15. The molecule has 0 saturated heterocycles. The first-order valence-electron chi connectivity index (χ1n) is 4.39. The summed E-state index contributed by atoms with van der Waals surface area (Å²) >= 11 is 0. The summed E-state index contributed by atoms with van der Waals surface area (Å²) in [7, 11) is 0. The van der Waals surface area contributed by atoms with Crippen molar-refractivity contribution in [2.24, 2.45) is 5.92 Å². The van der Waals surface area contributed by atoms with Gasteiger partial charge in [-0.3, -0.25) is 0 Å². The Bertz CT molecular complexity index is 252. The Morgan fingerprint density at radius 2 is 2.00 bits per heavy atom. The van der Waals surface area contributed by atoms with Gasteiger partial charge in [0.2, 0.25) is 0 Å². The summed E-state index contributed by atoms with van der Waals surface area (Å²) < 4.78 is 13.1. The van der Waals surface area contributed by atoms with Crippen molar-refractivity contribution in [3.8, 4) is 11.8 Å². The van der Waals surface area contributed by atoms with Crippen molar-refractivity contribution in [2.75, 3.05) is 0 Å². The zero-order valence-electron chi connectivity index (χ0n) is 7.95. The molecule has 2 atom stereocenters. The lowest BCUT2D eigenvalue weighted by Crippen LogP contribution is -2.12. The van der Waals surface area contributed by atoms with E-state index in [4.69, 9.17) is 0 Å². The Hall–Kier alpha value is -0.770. The number of rotatable bonds is 0. The maximum Gasteiger partial charge on any atom is 0.163 e. The van der Waals surface area contributed by atoms with Crippen molar-refractivity contribution in [3.05, 3.63) is 11.1 Å². The van der Waals surface area contributed by atoms with Gasteiger partial charge in [0.15, 0.2) is 6.17 Å². The lowest BCUT2D eigenvalue weighted by atomic mass is 9.92. The summed E-state index contributed by atoms with van der Waals surface area (Å²) in [5, 5.41) is 0. The number of hydrogen-bond donors (Lipinski definition) is 0. The van der Waals surface area contributed by atoms with E-state index in [1.165, 1.54) is 11.1 Å². The third-order valence-electron chi connectivity index (χ3n) is 2.45. The molecule has 0 aromatic rings. The summed E-state index contributed by atoms with van der Waals surface area (Å²) in [5.74, 6) is 5.55. The highest BCUT2D eigenvalue weighted by Crippen LogP contribution is 2.22. The van der Waals surface area contributed by atoms with E-state index in [2.05, 4.69) is 25.7 Å². The molecule has 0 aromatic heterocycles. The lowest BCUT2D eigenvalue weighted by molar-refractivity contribution is 0.305. The van der Waals surface area contributed by atoms with Crippen LogP contribution < -0.4 is 0 Å². The van der Waals surface area contributed by atoms with Crippen LogP contribution in [0.1, 0.15) is 33.6 Å². The number of hydrogen-bond acceptors (Lipinski definition) is 0. The van der Waals surface area contributed by atoms with Gasteiger partial charge in [-0.05, 0) is 20.3 Å². The summed E-state index contributed by atoms with van der Waals surface area (Å²) in [6.07, 6.45) is 0.647. The molecule has 66 valence electrons. The second kappa shape index (κ2) is 3.76. The van der Waals surface area contributed by atoms with Crippen LogP contribution in [-0.4, -0.2) is 6.17 Å². The molecule has 0 spiro atoms. The minimum Gasteiger partial charge on any atom is -0.233 e. The SMILES string of the molecule is C/C1=C(\C)CC(C)C(F)C#CC1. The number of alkyl halides is 1. The third kappa shape index (κ3) is 2.11. The molecule has 0 aromatic carbocycles. The number of halogens is 1.